The third-order valence-corrected chi connectivity index (χ3v) is 5.97. The van der Waals surface area contributed by atoms with Crippen LogP contribution >= 0.6 is 11.6 Å². The maximum absolute atomic E-state index is 12.5. The highest BCUT2D eigenvalue weighted by Gasteiger charge is 2.26. The Kier molecular flexibility index (Phi) is 5.11. The van der Waals surface area contributed by atoms with Crippen LogP contribution in [-0.2, 0) is 4.74 Å². The van der Waals surface area contributed by atoms with Gasteiger partial charge in [0.15, 0.2) is 0 Å². The summed E-state index contributed by atoms with van der Waals surface area (Å²) in [6, 6.07) is 9.23. The van der Waals surface area contributed by atoms with Gasteiger partial charge in [-0.15, -0.1) is 0 Å². The maximum Gasteiger partial charge on any atom is 0.320 e. The molecule has 2 aliphatic heterocycles. The topological polar surface area (TPSA) is 123 Å². The highest BCUT2D eigenvalue weighted by Crippen LogP contribution is 2.37. The van der Waals surface area contributed by atoms with Crippen molar-refractivity contribution in [3.63, 3.8) is 0 Å². The SMILES string of the molecule is C[C@@H]1CNc2c(oc3ccc4nc(Nc5cc(Cl)nc(OC6CCOC6)n5)ccc4c23)C(=O)N1. The highest BCUT2D eigenvalue weighted by atomic mass is 35.5. The number of nitrogens with zero attached hydrogens (tertiary/aromatic N) is 3. The molecule has 2 atom stereocenters. The van der Waals surface area contributed by atoms with E-state index in [1.165, 1.54) is 0 Å². The van der Waals surface area contributed by atoms with Crippen LogP contribution in [0, 0.1) is 0 Å². The summed E-state index contributed by atoms with van der Waals surface area (Å²) in [5, 5.41) is 11.4. The van der Waals surface area contributed by atoms with E-state index in [1.54, 1.807) is 6.07 Å². The number of hydrogen-bond acceptors (Lipinski definition) is 9. The molecule has 0 spiro atoms. The van der Waals surface area contributed by atoms with E-state index in [4.69, 9.17) is 30.5 Å². The van der Waals surface area contributed by atoms with E-state index >= 15 is 0 Å². The van der Waals surface area contributed by atoms with E-state index in [0.717, 1.165) is 22.7 Å². The van der Waals surface area contributed by atoms with Crippen molar-refractivity contribution in [2.75, 3.05) is 30.4 Å². The summed E-state index contributed by atoms with van der Waals surface area (Å²) in [5.74, 6) is 1.09. The molecular weight excluding hydrogens is 460 g/mol. The zero-order chi connectivity index (χ0) is 23.2. The maximum atomic E-state index is 12.5. The van der Waals surface area contributed by atoms with Gasteiger partial charge < -0.3 is 29.8 Å². The lowest BCUT2D eigenvalue weighted by atomic mass is 10.1. The van der Waals surface area contributed by atoms with Gasteiger partial charge in [0.05, 0.1) is 29.8 Å². The highest BCUT2D eigenvalue weighted by molar-refractivity contribution is 6.29. The first kappa shape index (κ1) is 20.9. The molecule has 11 heteroatoms. The Bertz CT molecular complexity index is 1420. The number of benzene rings is 1. The first-order chi connectivity index (χ1) is 16.5. The summed E-state index contributed by atoms with van der Waals surface area (Å²) in [6.45, 7) is 3.70. The molecule has 1 unspecified atom stereocenters. The number of hydrogen-bond donors (Lipinski definition) is 3. The minimum absolute atomic E-state index is 0.0104. The Morgan fingerprint density at radius 1 is 1.18 bits per heavy atom. The lowest BCUT2D eigenvalue weighted by Gasteiger charge is -2.12. The molecule has 174 valence electrons. The summed E-state index contributed by atoms with van der Waals surface area (Å²) >= 11 is 6.18. The second-order valence-electron chi connectivity index (χ2n) is 8.35. The Balaban J connectivity index is 1.33. The number of anilines is 3. The van der Waals surface area contributed by atoms with Crippen molar-refractivity contribution in [2.45, 2.75) is 25.5 Å². The molecule has 5 heterocycles. The number of halogens is 1. The Hall–Kier alpha value is -3.63. The summed E-state index contributed by atoms with van der Waals surface area (Å²) in [4.78, 5) is 25.8. The van der Waals surface area contributed by atoms with Crippen LogP contribution in [-0.4, -0.2) is 52.8 Å². The predicted molar refractivity (Wildman–Crippen MR) is 127 cm³/mol. The molecule has 10 nitrogen and oxygen atoms in total. The van der Waals surface area contributed by atoms with Crippen molar-refractivity contribution in [3.05, 3.63) is 41.2 Å². The van der Waals surface area contributed by atoms with E-state index in [0.29, 0.717) is 42.7 Å². The monoisotopic (exact) mass is 480 g/mol. The van der Waals surface area contributed by atoms with Gasteiger partial charge >= 0.3 is 6.01 Å². The van der Waals surface area contributed by atoms with Crippen molar-refractivity contribution in [1.82, 2.24) is 20.3 Å². The Labute approximate surface area is 199 Å². The fraction of sp³-hybridized carbons (Fsp3) is 0.304. The molecule has 0 saturated carbocycles. The van der Waals surface area contributed by atoms with Gasteiger partial charge in [0.1, 0.15) is 28.5 Å². The molecule has 1 amide bonds. The van der Waals surface area contributed by atoms with Gasteiger partial charge in [0, 0.05) is 30.5 Å². The van der Waals surface area contributed by atoms with Crippen LogP contribution in [0.25, 0.3) is 21.9 Å². The van der Waals surface area contributed by atoms with Crippen LogP contribution in [0.5, 0.6) is 6.01 Å². The lowest BCUT2D eigenvalue weighted by molar-refractivity contribution is 0.0920. The number of rotatable bonds is 4. The van der Waals surface area contributed by atoms with Gasteiger partial charge in [-0.1, -0.05) is 11.6 Å². The average Bonchev–Trinajstić information content (AvgIpc) is 3.42. The molecule has 2 aliphatic rings. The van der Waals surface area contributed by atoms with Gasteiger partial charge in [-0.3, -0.25) is 4.79 Å². The van der Waals surface area contributed by atoms with Crippen LogP contribution in [0.15, 0.2) is 34.7 Å². The average molecular weight is 481 g/mol. The van der Waals surface area contributed by atoms with Crippen LogP contribution in [0.2, 0.25) is 5.15 Å². The van der Waals surface area contributed by atoms with E-state index in [2.05, 4.69) is 25.9 Å². The third kappa shape index (κ3) is 3.84. The number of ether oxygens (including phenoxy) is 2. The van der Waals surface area contributed by atoms with Crippen LogP contribution in [0.1, 0.15) is 23.9 Å². The predicted octanol–water partition coefficient (Wildman–Crippen LogP) is 3.88. The summed E-state index contributed by atoms with van der Waals surface area (Å²) in [5.41, 5.74) is 2.04. The molecule has 0 radical (unpaired) electrons. The quantitative estimate of drug-likeness (QED) is 0.373. The minimum Gasteiger partial charge on any atom is -0.458 e. The fourth-order valence-electron chi connectivity index (χ4n) is 4.19. The van der Waals surface area contributed by atoms with E-state index in [1.807, 2.05) is 31.2 Å². The van der Waals surface area contributed by atoms with Crippen LogP contribution in [0.3, 0.4) is 0 Å². The molecule has 3 aromatic heterocycles. The second kappa shape index (κ2) is 8.30. The number of aromatic nitrogens is 3. The van der Waals surface area contributed by atoms with E-state index < -0.39 is 0 Å². The largest absolute Gasteiger partial charge is 0.458 e. The first-order valence-corrected chi connectivity index (χ1v) is 11.4. The number of furan rings is 1. The molecular formula is C23H21ClN6O4. The normalized spacial score (nSPS) is 20.0. The molecule has 34 heavy (non-hydrogen) atoms. The van der Waals surface area contributed by atoms with Gasteiger partial charge in [0.2, 0.25) is 5.76 Å². The molecule has 1 fully saturated rings. The summed E-state index contributed by atoms with van der Waals surface area (Å²) < 4.78 is 17.0. The summed E-state index contributed by atoms with van der Waals surface area (Å²) in [6.07, 6.45) is 0.697. The molecule has 1 aromatic carbocycles. The van der Waals surface area contributed by atoms with Gasteiger partial charge in [0.25, 0.3) is 5.91 Å². The van der Waals surface area contributed by atoms with Crippen molar-refractivity contribution < 1.29 is 18.7 Å². The van der Waals surface area contributed by atoms with E-state index in [9.17, 15) is 4.79 Å². The van der Waals surface area contributed by atoms with Crippen molar-refractivity contribution in [3.8, 4) is 6.01 Å². The van der Waals surface area contributed by atoms with Crippen LogP contribution < -0.4 is 20.7 Å². The zero-order valence-corrected chi connectivity index (χ0v) is 19.0. The first-order valence-electron chi connectivity index (χ1n) is 11.0. The number of amides is 1. The zero-order valence-electron chi connectivity index (χ0n) is 18.2. The molecule has 1 saturated heterocycles. The number of fused-ring (bicyclic) bond motifs is 5. The van der Waals surface area contributed by atoms with Gasteiger partial charge in [-0.2, -0.15) is 9.97 Å². The number of pyridine rings is 1. The molecule has 3 N–H and O–H groups in total. The smallest absolute Gasteiger partial charge is 0.320 e. The van der Waals surface area contributed by atoms with Crippen molar-refractivity contribution in [1.29, 1.82) is 0 Å². The van der Waals surface area contributed by atoms with Crippen molar-refractivity contribution in [2.24, 2.45) is 0 Å². The van der Waals surface area contributed by atoms with Gasteiger partial charge in [-0.05, 0) is 31.2 Å². The molecule has 0 aliphatic carbocycles. The molecule has 6 rings (SSSR count). The third-order valence-electron chi connectivity index (χ3n) is 5.78. The standard InChI is InChI=1S/C23H21ClN6O4/c1-11-9-25-20-19-13-2-5-17(27-14(13)3-4-15(19)34-21(20)22(31)26-11)29-18-8-16(24)28-23(30-18)33-12-6-7-32-10-12/h2-5,8,11-12,25H,6-7,9-10H2,1H3,(H,26,31)(H,27,28,29,30)/t11-,12?/m1/s1. The number of carbonyl (C=O) groups excluding carboxylic acids is 1. The number of nitrogens with one attached hydrogen (secondary N) is 3. The number of carbonyl (C=O) groups is 1. The minimum atomic E-state index is -0.231. The van der Waals surface area contributed by atoms with Crippen molar-refractivity contribution >= 4 is 56.7 Å². The molecule has 0 bridgehead atoms. The second-order valence-corrected chi connectivity index (χ2v) is 8.74. The van der Waals surface area contributed by atoms with E-state index in [-0.39, 0.29) is 35.0 Å². The van der Waals surface area contributed by atoms with Gasteiger partial charge in [-0.25, -0.2) is 4.98 Å². The lowest BCUT2D eigenvalue weighted by Crippen LogP contribution is -2.34. The summed E-state index contributed by atoms with van der Waals surface area (Å²) in [7, 11) is 0. The van der Waals surface area contributed by atoms with Crippen LogP contribution in [0.4, 0.5) is 17.3 Å². The fourth-order valence-corrected chi connectivity index (χ4v) is 4.37. The molecule has 4 aromatic rings. The Morgan fingerprint density at radius 3 is 2.94 bits per heavy atom. The Morgan fingerprint density at radius 2 is 2.09 bits per heavy atom.